The minimum Gasteiger partial charge on any atom is -0.486 e. The number of allylic oxidation sites excluding steroid dienone is 6. The number of hydrogen-bond donors (Lipinski definition) is 0. The molecular formula is C56H42N4O. The van der Waals surface area contributed by atoms with Crippen LogP contribution in [0.2, 0.25) is 0 Å². The quantitative estimate of drug-likeness (QED) is 0.166. The Balaban J connectivity index is 0.970. The summed E-state index contributed by atoms with van der Waals surface area (Å²) in [5, 5.41) is 2.66. The minimum atomic E-state index is -0.423. The molecule has 6 aliphatic rings. The van der Waals surface area contributed by atoms with Crippen LogP contribution in [0.1, 0.15) is 54.1 Å². The molecule has 13 rings (SSSR count). The predicted octanol–water partition coefficient (Wildman–Crippen LogP) is 12.9. The number of ether oxygens (including phenoxy) is 1. The molecule has 0 bridgehead atoms. The van der Waals surface area contributed by atoms with Crippen LogP contribution in [0.4, 0.5) is 11.4 Å². The molecule has 2 aliphatic heterocycles. The van der Waals surface area contributed by atoms with E-state index in [1.807, 2.05) is 18.2 Å². The zero-order valence-corrected chi connectivity index (χ0v) is 33.7. The third-order valence-electron chi connectivity index (χ3n) is 14.0. The van der Waals surface area contributed by atoms with Gasteiger partial charge >= 0.3 is 0 Å². The Kier molecular flexibility index (Phi) is 7.66. The highest BCUT2D eigenvalue weighted by atomic mass is 16.5. The number of fused-ring (bicyclic) bond motifs is 14. The van der Waals surface area contributed by atoms with Gasteiger partial charge in [-0.1, -0.05) is 152 Å². The molecule has 1 saturated heterocycles. The molecule has 4 aliphatic carbocycles. The Labute approximate surface area is 355 Å². The molecule has 1 fully saturated rings. The second kappa shape index (κ2) is 13.5. The van der Waals surface area contributed by atoms with Gasteiger partial charge in [0.15, 0.2) is 17.5 Å². The lowest BCUT2D eigenvalue weighted by atomic mass is 9.58. The zero-order chi connectivity index (χ0) is 40.1. The maximum atomic E-state index is 6.93. The lowest BCUT2D eigenvalue weighted by Gasteiger charge is -2.50. The van der Waals surface area contributed by atoms with Gasteiger partial charge in [0.25, 0.3) is 0 Å². The lowest BCUT2D eigenvalue weighted by Crippen LogP contribution is -2.48. The number of hydrogen-bond acceptors (Lipinski definition) is 5. The van der Waals surface area contributed by atoms with Gasteiger partial charge in [-0.05, 0) is 94.6 Å². The van der Waals surface area contributed by atoms with Gasteiger partial charge in [-0.2, -0.15) is 0 Å². The molecule has 6 aromatic carbocycles. The Morgan fingerprint density at radius 3 is 2.20 bits per heavy atom. The van der Waals surface area contributed by atoms with Crippen LogP contribution in [-0.2, 0) is 10.2 Å². The van der Waals surface area contributed by atoms with Gasteiger partial charge in [-0.15, -0.1) is 0 Å². The second-order valence-electron chi connectivity index (χ2n) is 17.2. The van der Waals surface area contributed by atoms with Crippen molar-refractivity contribution in [3.05, 3.63) is 216 Å². The van der Waals surface area contributed by atoms with Crippen molar-refractivity contribution in [2.24, 2.45) is 5.92 Å². The average molecular weight is 787 g/mol. The SMILES string of the molecule is C1=CC2C(CC1)c1c(ccc3ccccc13)N2c1cccc(-c2nc(C3=CC4C(C=C3)OC3=CCCC=C3C43c4ccccc4-c4ccccc43)nc(-c3ccccc3)n2)c1. The third-order valence-corrected chi connectivity index (χ3v) is 14.0. The summed E-state index contributed by atoms with van der Waals surface area (Å²) < 4.78 is 6.93. The first-order valence-corrected chi connectivity index (χ1v) is 21.8. The lowest BCUT2D eigenvalue weighted by molar-refractivity contribution is 0.0685. The molecule has 1 spiro atoms. The van der Waals surface area contributed by atoms with E-state index in [4.69, 9.17) is 19.7 Å². The normalized spacial score (nSPS) is 22.2. The third kappa shape index (κ3) is 5.10. The van der Waals surface area contributed by atoms with Gasteiger partial charge < -0.3 is 9.64 Å². The second-order valence-corrected chi connectivity index (χ2v) is 17.2. The van der Waals surface area contributed by atoms with Crippen molar-refractivity contribution in [1.29, 1.82) is 0 Å². The topological polar surface area (TPSA) is 51.1 Å². The number of nitrogens with zero attached hydrogens (tertiary/aromatic N) is 4. The predicted molar refractivity (Wildman–Crippen MR) is 245 cm³/mol. The van der Waals surface area contributed by atoms with E-state index in [9.17, 15) is 0 Å². The van der Waals surface area contributed by atoms with Gasteiger partial charge in [-0.3, -0.25) is 0 Å². The van der Waals surface area contributed by atoms with E-state index in [2.05, 4.69) is 169 Å². The standard InChI is InChI=1S/C56H42N4O/c1-2-16-36(17-3-1)53-57-54(37-18-14-19-39(33-37)60-48-27-12-8-23-43(48)52-40-20-5-4-15-35(40)29-31-49(52)60)59-55(58-53)38-30-32-51-47(34-38)56(46-26-11-13-28-50(46)61-51)44-24-9-6-21-41(44)42-22-7-10-25-45(42)56/h1-7,9-10,12,14-22,24-34,43,47-48,51H,8,11,13,23H2. The summed E-state index contributed by atoms with van der Waals surface area (Å²) in [6.07, 6.45) is 20.4. The van der Waals surface area contributed by atoms with E-state index >= 15 is 0 Å². The van der Waals surface area contributed by atoms with Gasteiger partial charge in [0.1, 0.15) is 11.9 Å². The smallest absolute Gasteiger partial charge is 0.164 e. The van der Waals surface area contributed by atoms with E-state index in [-0.39, 0.29) is 18.1 Å². The van der Waals surface area contributed by atoms with Crippen LogP contribution in [-0.4, -0.2) is 27.1 Å². The van der Waals surface area contributed by atoms with Gasteiger partial charge in [0.2, 0.25) is 0 Å². The van der Waals surface area contributed by atoms with E-state index in [0.717, 1.165) is 53.8 Å². The molecule has 7 aromatic rings. The summed E-state index contributed by atoms with van der Waals surface area (Å²) >= 11 is 0. The van der Waals surface area contributed by atoms with E-state index in [1.54, 1.807) is 0 Å². The summed E-state index contributed by atoms with van der Waals surface area (Å²) in [5.74, 6) is 3.37. The molecule has 61 heavy (non-hydrogen) atoms. The van der Waals surface area contributed by atoms with Crippen LogP contribution in [0, 0.1) is 5.92 Å². The van der Waals surface area contributed by atoms with Crippen LogP contribution in [0.15, 0.2) is 193 Å². The Morgan fingerprint density at radius 1 is 0.623 bits per heavy atom. The molecule has 292 valence electrons. The van der Waals surface area contributed by atoms with E-state index < -0.39 is 5.41 Å². The number of anilines is 2. The first-order chi connectivity index (χ1) is 30.2. The fourth-order valence-corrected chi connectivity index (χ4v) is 11.6. The van der Waals surface area contributed by atoms with Crippen LogP contribution in [0.25, 0.3) is 50.2 Å². The molecule has 4 atom stereocenters. The van der Waals surface area contributed by atoms with Crippen LogP contribution in [0.3, 0.4) is 0 Å². The maximum Gasteiger partial charge on any atom is 0.164 e. The van der Waals surface area contributed by atoms with Crippen molar-refractivity contribution in [3.63, 3.8) is 0 Å². The van der Waals surface area contributed by atoms with E-state index in [1.165, 1.54) is 49.9 Å². The zero-order valence-electron chi connectivity index (χ0n) is 33.7. The van der Waals surface area contributed by atoms with E-state index in [0.29, 0.717) is 23.4 Å². The molecule has 0 N–H and O–H groups in total. The molecule has 5 heteroatoms. The van der Waals surface area contributed by atoms with Gasteiger partial charge in [0, 0.05) is 45.5 Å². The highest BCUT2D eigenvalue weighted by Crippen LogP contribution is 2.63. The summed E-state index contributed by atoms with van der Waals surface area (Å²) in [6.45, 7) is 0. The molecule has 0 radical (unpaired) electrons. The number of rotatable bonds is 4. The minimum absolute atomic E-state index is 0.0367. The van der Waals surface area contributed by atoms with Crippen LogP contribution >= 0.6 is 0 Å². The largest absolute Gasteiger partial charge is 0.486 e. The molecular weight excluding hydrogens is 745 g/mol. The molecule has 0 saturated carbocycles. The van der Waals surface area contributed by atoms with Crippen molar-refractivity contribution in [2.45, 2.75) is 49.2 Å². The monoisotopic (exact) mass is 786 g/mol. The summed E-state index contributed by atoms with van der Waals surface area (Å²) in [4.78, 5) is 18.4. The Morgan fingerprint density at radius 2 is 1.34 bits per heavy atom. The van der Waals surface area contributed by atoms with Crippen LogP contribution in [0.5, 0.6) is 0 Å². The number of aromatic nitrogens is 3. The van der Waals surface area contributed by atoms with Gasteiger partial charge in [-0.25, -0.2) is 15.0 Å². The Bertz CT molecular complexity index is 3070. The highest BCUT2D eigenvalue weighted by molar-refractivity contribution is 5.95. The fraction of sp³-hybridized carbons (Fsp3) is 0.161. The first-order valence-electron chi connectivity index (χ1n) is 21.8. The fourth-order valence-electron chi connectivity index (χ4n) is 11.6. The molecule has 3 heterocycles. The summed E-state index contributed by atoms with van der Waals surface area (Å²) in [7, 11) is 0. The highest BCUT2D eigenvalue weighted by Gasteiger charge is 2.57. The van der Waals surface area contributed by atoms with Crippen LogP contribution < -0.4 is 4.90 Å². The van der Waals surface area contributed by atoms with Crippen molar-refractivity contribution >= 4 is 27.7 Å². The Hall–Kier alpha value is -7.11. The molecule has 0 amide bonds. The van der Waals surface area contributed by atoms with Crippen molar-refractivity contribution in [2.75, 3.05) is 4.90 Å². The van der Waals surface area contributed by atoms with Crippen molar-refractivity contribution in [3.8, 4) is 33.9 Å². The van der Waals surface area contributed by atoms with Crippen molar-refractivity contribution < 1.29 is 4.74 Å². The van der Waals surface area contributed by atoms with Crippen molar-refractivity contribution in [1.82, 2.24) is 15.0 Å². The maximum absolute atomic E-state index is 6.93. The first kappa shape index (κ1) is 34.7. The molecule has 1 aromatic heterocycles. The summed E-state index contributed by atoms with van der Waals surface area (Å²) in [5.41, 5.74) is 12.9. The average Bonchev–Trinajstić information content (AvgIpc) is 3.83. The molecule has 5 nitrogen and oxygen atoms in total. The van der Waals surface area contributed by atoms with Gasteiger partial charge in [0.05, 0.1) is 11.5 Å². The summed E-state index contributed by atoms with van der Waals surface area (Å²) in [6, 6.07) is 50.8. The number of benzene rings is 6. The molecule has 4 unspecified atom stereocenters.